The van der Waals surface area contributed by atoms with E-state index < -0.39 is 11.2 Å². The Hall–Kier alpha value is -0.860. The molecule has 0 bridgehead atoms. The summed E-state index contributed by atoms with van der Waals surface area (Å²) in [5.41, 5.74) is 0. The molecule has 102 valence electrons. The van der Waals surface area contributed by atoms with Crippen molar-refractivity contribution in [1.82, 2.24) is 10.2 Å². The maximum absolute atomic E-state index is 10.9. The molecule has 8 heteroatoms. The average molecular weight is 363 g/mol. The van der Waals surface area contributed by atoms with Crippen molar-refractivity contribution in [3.05, 3.63) is 21.8 Å². The highest BCUT2D eigenvalue weighted by molar-refractivity contribution is 9.11. The molecule has 0 radical (unpaired) electrons. The Morgan fingerprint density at radius 2 is 2.37 bits per heavy atom. The molecule has 1 unspecified atom stereocenters. The Bertz CT molecular complexity index is 570. The molecular weight excluding hydrogens is 352 g/mol. The first-order valence-corrected chi connectivity index (χ1v) is 8.18. The van der Waals surface area contributed by atoms with E-state index in [4.69, 9.17) is 9.52 Å². The van der Waals surface area contributed by atoms with Crippen LogP contribution in [0.15, 0.2) is 20.3 Å². The van der Waals surface area contributed by atoms with Crippen LogP contribution in [0.4, 0.5) is 0 Å². The van der Waals surface area contributed by atoms with Gasteiger partial charge in [0.15, 0.2) is 0 Å². The minimum absolute atomic E-state index is 0.407. The SMILES string of the molecule is CCC(SCc1nnc(-c2ccc(Br)s2)o1)C(=O)O. The predicted molar refractivity (Wildman–Crippen MR) is 78.3 cm³/mol. The van der Waals surface area contributed by atoms with Gasteiger partial charge in [0.05, 0.1) is 14.4 Å². The quantitative estimate of drug-likeness (QED) is 0.844. The lowest BCUT2D eigenvalue weighted by molar-refractivity contribution is -0.136. The van der Waals surface area contributed by atoms with Crippen LogP contribution in [0.1, 0.15) is 19.2 Å². The van der Waals surface area contributed by atoms with Gasteiger partial charge in [-0.2, -0.15) is 0 Å². The summed E-state index contributed by atoms with van der Waals surface area (Å²) in [6, 6.07) is 3.81. The summed E-state index contributed by atoms with van der Waals surface area (Å²) in [5.74, 6) is 0.512. The van der Waals surface area contributed by atoms with E-state index in [0.29, 0.717) is 24.0 Å². The fourth-order valence-corrected chi connectivity index (χ4v) is 3.52. The number of aliphatic carboxylic acids is 1. The summed E-state index contributed by atoms with van der Waals surface area (Å²) in [6.45, 7) is 1.84. The molecule has 2 rings (SSSR count). The van der Waals surface area contributed by atoms with Crippen LogP contribution < -0.4 is 0 Å². The van der Waals surface area contributed by atoms with Gasteiger partial charge in [0.25, 0.3) is 5.89 Å². The topological polar surface area (TPSA) is 76.2 Å². The van der Waals surface area contributed by atoms with E-state index in [1.165, 1.54) is 23.1 Å². The Morgan fingerprint density at radius 1 is 1.58 bits per heavy atom. The van der Waals surface area contributed by atoms with Crippen molar-refractivity contribution in [3.63, 3.8) is 0 Å². The molecule has 0 saturated heterocycles. The number of aromatic nitrogens is 2. The molecule has 0 spiro atoms. The average Bonchev–Trinajstić information content (AvgIpc) is 2.98. The highest BCUT2D eigenvalue weighted by Crippen LogP contribution is 2.31. The van der Waals surface area contributed by atoms with Gasteiger partial charge in [0.1, 0.15) is 5.25 Å². The summed E-state index contributed by atoms with van der Waals surface area (Å²) in [5, 5.41) is 16.4. The van der Waals surface area contributed by atoms with Crippen LogP contribution in [-0.4, -0.2) is 26.5 Å². The molecule has 5 nitrogen and oxygen atoms in total. The maximum atomic E-state index is 10.9. The molecule has 19 heavy (non-hydrogen) atoms. The highest BCUT2D eigenvalue weighted by atomic mass is 79.9. The molecule has 2 aromatic heterocycles. The van der Waals surface area contributed by atoms with Crippen molar-refractivity contribution in [3.8, 4) is 10.8 Å². The lowest BCUT2D eigenvalue weighted by atomic mass is 10.3. The first kappa shape index (κ1) is 14.5. The fraction of sp³-hybridized carbons (Fsp3) is 0.364. The van der Waals surface area contributed by atoms with Gasteiger partial charge in [-0.05, 0) is 34.5 Å². The smallest absolute Gasteiger partial charge is 0.316 e. The van der Waals surface area contributed by atoms with Crippen molar-refractivity contribution in [2.24, 2.45) is 0 Å². The van der Waals surface area contributed by atoms with Crippen LogP contribution in [0.3, 0.4) is 0 Å². The first-order valence-electron chi connectivity index (χ1n) is 5.52. The Labute approximate surface area is 126 Å². The van der Waals surface area contributed by atoms with E-state index in [1.807, 2.05) is 19.1 Å². The molecule has 0 amide bonds. The van der Waals surface area contributed by atoms with Crippen LogP contribution >= 0.6 is 39.0 Å². The molecule has 0 aliphatic carbocycles. The van der Waals surface area contributed by atoms with Crippen LogP contribution in [-0.2, 0) is 10.5 Å². The number of carboxylic acid groups (broad SMARTS) is 1. The van der Waals surface area contributed by atoms with Gasteiger partial charge in [0, 0.05) is 0 Å². The van der Waals surface area contributed by atoms with Gasteiger partial charge < -0.3 is 9.52 Å². The minimum Gasteiger partial charge on any atom is -0.480 e. The predicted octanol–water partition coefficient (Wildman–Crippen LogP) is 3.66. The third kappa shape index (κ3) is 3.80. The maximum Gasteiger partial charge on any atom is 0.316 e. The fourth-order valence-electron chi connectivity index (χ4n) is 1.38. The van der Waals surface area contributed by atoms with Crippen molar-refractivity contribution < 1.29 is 14.3 Å². The third-order valence-electron chi connectivity index (χ3n) is 2.31. The third-order valence-corrected chi connectivity index (χ3v) is 5.27. The van der Waals surface area contributed by atoms with E-state index in [-0.39, 0.29) is 0 Å². The second-order valence-corrected chi connectivity index (χ2v) is 7.30. The molecule has 2 aromatic rings. The second-order valence-electron chi connectivity index (χ2n) is 3.65. The molecule has 0 aromatic carbocycles. The lowest BCUT2D eigenvalue weighted by Gasteiger charge is -2.06. The van der Waals surface area contributed by atoms with Gasteiger partial charge in [-0.25, -0.2) is 0 Å². The Balaban J connectivity index is 2.00. The minimum atomic E-state index is -0.811. The molecule has 1 N–H and O–H groups in total. The standard InChI is InChI=1S/C11H11BrN2O3S2/c1-2-6(11(15)16)18-5-9-13-14-10(17-9)7-3-4-8(12)19-7/h3-4,6H,2,5H2,1H3,(H,15,16). The van der Waals surface area contributed by atoms with E-state index in [0.717, 1.165) is 8.66 Å². The van der Waals surface area contributed by atoms with Gasteiger partial charge in [-0.15, -0.1) is 33.3 Å². The number of carbonyl (C=O) groups is 1. The highest BCUT2D eigenvalue weighted by Gasteiger charge is 2.17. The van der Waals surface area contributed by atoms with E-state index in [1.54, 1.807) is 0 Å². The summed E-state index contributed by atoms with van der Waals surface area (Å²) < 4.78 is 6.51. The van der Waals surface area contributed by atoms with Gasteiger partial charge in [-0.3, -0.25) is 4.79 Å². The van der Waals surface area contributed by atoms with Crippen molar-refractivity contribution in [2.75, 3.05) is 0 Å². The number of thiophene rings is 1. The van der Waals surface area contributed by atoms with Crippen molar-refractivity contribution >= 4 is 45.0 Å². The zero-order chi connectivity index (χ0) is 13.8. The van der Waals surface area contributed by atoms with Crippen molar-refractivity contribution in [1.29, 1.82) is 0 Å². The molecule has 0 fully saturated rings. The van der Waals surface area contributed by atoms with E-state index in [2.05, 4.69) is 26.1 Å². The molecular formula is C11H11BrN2O3S2. The Kier molecular flexibility index (Phi) is 5.00. The molecule has 0 aliphatic rings. The molecule has 1 atom stereocenters. The number of hydrogen-bond donors (Lipinski definition) is 1. The number of carboxylic acids is 1. The largest absolute Gasteiger partial charge is 0.480 e. The number of nitrogens with zero attached hydrogens (tertiary/aromatic N) is 2. The zero-order valence-corrected chi connectivity index (χ0v) is 13.2. The number of halogens is 1. The van der Waals surface area contributed by atoms with E-state index >= 15 is 0 Å². The summed E-state index contributed by atoms with van der Waals surface area (Å²) in [6.07, 6.45) is 0.568. The molecule has 0 aliphatic heterocycles. The van der Waals surface area contributed by atoms with Gasteiger partial charge in [-0.1, -0.05) is 6.92 Å². The second kappa shape index (κ2) is 6.53. The van der Waals surface area contributed by atoms with Crippen LogP contribution in [0.5, 0.6) is 0 Å². The lowest BCUT2D eigenvalue weighted by Crippen LogP contribution is -2.15. The summed E-state index contributed by atoms with van der Waals surface area (Å²) in [4.78, 5) is 11.8. The zero-order valence-electron chi connectivity index (χ0n) is 10.00. The van der Waals surface area contributed by atoms with Crippen LogP contribution in [0, 0.1) is 0 Å². The van der Waals surface area contributed by atoms with Crippen molar-refractivity contribution in [2.45, 2.75) is 24.3 Å². The number of hydrogen-bond acceptors (Lipinski definition) is 6. The monoisotopic (exact) mass is 362 g/mol. The first-order chi connectivity index (χ1) is 9.10. The molecule has 0 saturated carbocycles. The van der Waals surface area contributed by atoms with Crippen LogP contribution in [0.2, 0.25) is 0 Å². The molecule has 2 heterocycles. The Morgan fingerprint density at radius 3 is 2.95 bits per heavy atom. The summed E-state index contributed by atoms with van der Waals surface area (Å²) >= 11 is 6.17. The number of rotatable bonds is 6. The van der Waals surface area contributed by atoms with Crippen LogP contribution in [0.25, 0.3) is 10.8 Å². The summed E-state index contributed by atoms with van der Waals surface area (Å²) in [7, 11) is 0. The van der Waals surface area contributed by atoms with Gasteiger partial charge in [0.2, 0.25) is 5.89 Å². The van der Waals surface area contributed by atoms with Gasteiger partial charge >= 0.3 is 5.97 Å². The van der Waals surface area contributed by atoms with E-state index in [9.17, 15) is 4.79 Å². The normalized spacial score (nSPS) is 12.5. The number of thioether (sulfide) groups is 1.